The molecule has 20 heavy (non-hydrogen) atoms. The summed E-state index contributed by atoms with van der Waals surface area (Å²) < 4.78 is 21.2. The molecule has 2 rings (SSSR count). The van der Waals surface area contributed by atoms with Crippen molar-refractivity contribution in [2.75, 3.05) is 7.05 Å². The summed E-state index contributed by atoms with van der Waals surface area (Å²) in [5.41, 5.74) is 0.970. The summed E-state index contributed by atoms with van der Waals surface area (Å²) in [5.74, 6) is 0.431. The molecule has 0 radical (unpaired) electrons. The third kappa shape index (κ3) is 3.59. The second kappa shape index (κ2) is 6.70. The molecule has 0 fully saturated rings. The fraction of sp³-hybridized carbons (Fsp3) is 0.200. The van der Waals surface area contributed by atoms with Crippen LogP contribution in [0.15, 0.2) is 45.3 Å². The maximum atomic E-state index is 13.9. The number of hydrogen-bond acceptors (Lipinski definition) is 2. The van der Waals surface area contributed by atoms with Gasteiger partial charge in [0.2, 0.25) is 0 Å². The molecule has 106 valence electrons. The number of ether oxygens (including phenoxy) is 1. The van der Waals surface area contributed by atoms with Gasteiger partial charge >= 0.3 is 0 Å². The van der Waals surface area contributed by atoms with Crippen LogP contribution in [-0.2, 0) is 0 Å². The molecule has 0 heterocycles. The fourth-order valence-electron chi connectivity index (χ4n) is 1.79. The van der Waals surface area contributed by atoms with Crippen molar-refractivity contribution < 1.29 is 9.13 Å². The SMILES string of the molecule is CNC(C)c1ccc(Br)cc1Oc1ccc(Br)cc1F. The molecule has 0 bridgehead atoms. The van der Waals surface area contributed by atoms with Crippen molar-refractivity contribution in [3.8, 4) is 11.5 Å². The van der Waals surface area contributed by atoms with Gasteiger partial charge in [0.15, 0.2) is 11.6 Å². The highest BCUT2D eigenvalue weighted by Gasteiger charge is 2.13. The number of halogens is 3. The van der Waals surface area contributed by atoms with E-state index in [0.717, 1.165) is 10.0 Å². The van der Waals surface area contributed by atoms with Crippen molar-refractivity contribution in [1.82, 2.24) is 5.32 Å². The van der Waals surface area contributed by atoms with Crippen LogP contribution in [0.25, 0.3) is 0 Å². The first-order chi connectivity index (χ1) is 9.51. The number of nitrogens with one attached hydrogen (secondary N) is 1. The Morgan fingerprint density at radius 3 is 2.35 bits per heavy atom. The summed E-state index contributed by atoms with van der Waals surface area (Å²) in [4.78, 5) is 0. The van der Waals surface area contributed by atoms with E-state index in [0.29, 0.717) is 10.2 Å². The van der Waals surface area contributed by atoms with Crippen molar-refractivity contribution >= 4 is 31.9 Å². The van der Waals surface area contributed by atoms with E-state index in [2.05, 4.69) is 37.2 Å². The summed E-state index contributed by atoms with van der Waals surface area (Å²) in [5, 5.41) is 3.15. The molecule has 5 heteroatoms. The lowest BCUT2D eigenvalue weighted by atomic mass is 10.1. The molecular weight excluding hydrogens is 389 g/mol. The summed E-state index contributed by atoms with van der Waals surface area (Å²) >= 11 is 6.64. The molecule has 1 N–H and O–H groups in total. The predicted molar refractivity (Wildman–Crippen MR) is 85.8 cm³/mol. The lowest BCUT2D eigenvalue weighted by Crippen LogP contribution is -2.13. The molecule has 0 aliphatic rings. The third-order valence-corrected chi connectivity index (χ3v) is 3.98. The summed E-state index contributed by atoms with van der Waals surface area (Å²) in [7, 11) is 1.87. The normalized spacial score (nSPS) is 12.2. The first-order valence-electron chi connectivity index (χ1n) is 6.11. The van der Waals surface area contributed by atoms with Gasteiger partial charge in [-0.25, -0.2) is 4.39 Å². The van der Waals surface area contributed by atoms with Crippen LogP contribution in [0.2, 0.25) is 0 Å². The van der Waals surface area contributed by atoms with E-state index in [9.17, 15) is 4.39 Å². The highest BCUT2D eigenvalue weighted by molar-refractivity contribution is 9.10. The maximum Gasteiger partial charge on any atom is 0.166 e. The number of hydrogen-bond donors (Lipinski definition) is 1. The second-order valence-corrected chi connectivity index (χ2v) is 6.20. The van der Waals surface area contributed by atoms with E-state index in [4.69, 9.17) is 4.74 Å². The van der Waals surface area contributed by atoms with E-state index in [1.807, 2.05) is 32.2 Å². The lowest BCUT2D eigenvalue weighted by Gasteiger charge is -2.17. The molecular formula is C15H14Br2FNO. The fourth-order valence-corrected chi connectivity index (χ4v) is 2.46. The standard InChI is InChI=1S/C15H14Br2FNO/c1-9(19-2)12-5-3-11(17)8-15(12)20-14-6-4-10(16)7-13(14)18/h3-9,19H,1-2H3. The molecule has 1 unspecified atom stereocenters. The monoisotopic (exact) mass is 401 g/mol. The van der Waals surface area contributed by atoms with E-state index < -0.39 is 5.82 Å². The Morgan fingerprint density at radius 1 is 1.05 bits per heavy atom. The average molecular weight is 403 g/mol. The van der Waals surface area contributed by atoms with Crippen LogP contribution in [-0.4, -0.2) is 7.05 Å². The molecule has 0 aromatic heterocycles. The number of benzene rings is 2. The van der Waals surface area contributed by atoms with Gasteiger partial charge in [-0.1, -0.05) is 37.9 Å². The van der Waals surface area contributed by atoms with Crippen LogP contribution < -0.4 is 10.1 Å². The summed E-state index contributed by atoms with van der Waals surface area (Å²) in [6.45, 7) is 2.02. The number of rotatable bonds is 4. The first kappa shape index (κ1) is 15.5. The highest BCUT2D eigenvalue weighted by Crippen LogP contribution is 2.34. The molecule has 0 saturated carbocycles. The van der Waals surface area contributed by atoms with Crippen molar-refractivity contribution in [2.24, 2.45) is 0 Å². The second-order valence-electron chi connectivity index (χ2n) is 4.37. The van der Waals surface area contributed by atoms with E-state index in [-0.39, 0.29) is 11.8 Å². The zero-order chi connectivity index (χ0) is 14.7. The Kier molecular flexibility index (Phi) is 5.18. The maximum absolute atomic E-state index is 13.9. The van der Waals surface area contributed by atoms with Gasteiger partial charge in [-0.05, 0) is 44.3 Å². The van der Waals surface area contributed by atoms with Gasteiger partial charge in [-0.3, -0.25) is 0 Å². The van der Waals surface area contributed by atoms with Crippen molar-refractivity contribution in [3.05, 3.63) is 56.7 Å². The Bertz CT molecular complexity index is 619. The quantitative estimate of drug-likeness (QED) is 0.736. The van der Waals surface area contributed by atoms with Crippen LogP contribution in [0.3, 0.4) is 0 Å². The molecule has 0 aliphatic carbocycles. The molecule has 0 aliphatic heterocycles. The summed E-state index contributed by atoms with van der Waals surface area (Å²) in [6.07, 6.45) is 0. The predicted octanol–water partition coefficient (Wildman–Crippen LogP) is 5.42. The van der Waals surface area contributed by atoms with Crippen LogP contribution in [0.4, 0.5) is 4.39 Å². The van der Waals surface area contributed by atoms with Crippen LogP contribution >= 0.6 is 31.9 Å². The molecule has 0 saturated heterocycles. The van der Waals surface area contributed by atoms with E-state index >= 15 is 0 Å². The molecule has 0 amide bonds. The zero-order valence-corrected chi connectivity index (χ0v) is 14.3. The van der Waals surface area contributed by atoms with E-state index in [1.165, 1.54) is 6.07 Å². The van der Waals surface area contributed by atoms with Gasteiger partial charge in [-0.2, -0.15) is 0 Å². The van der Waals surface area contributed by atoms with Crippen molar-refractivity contribution in [1.29, 1.82) is 0 Å². The molecule has 2 aromatic carbocycles. The van der Waals surface area contributed by atoms with Gasteiger partial charge in [0.25, 0.3) is 0 Å². The molecule has 2 nitrogen and oxygen atoms in total. The van der Waals surface area contributed by atoms with Crippen molar-refractivity contribution in [3.63, 3.8) is 0 Å². The molecule has 0 spiro atoms. The van der Waals surface area contributed by atoms with Gasteiger partial charge < -0.3 is 10.1 Å². The highest BCUT2D eigenvalue weighted by atomic mass is 79.9. The Morgan fingerprint density at radius 2 is 1.70 bits per heavy atom. The van der Waals surface area contributed by atoms with Gasteiger partial charge in [0.1, 0.15) is 5.75 Å². The summed E-state index contributed by atoms with van der Waals surface area (Å²) in [6, 6.07) is 10.6. The molecule has 2 aromatic rings. The minimum absolute atomic E-state index is 0.108. The topological polar surface area (TPSA) is 21.3 Å². The Hall–Kier alpha value is -0.910. The van der Waals surface area contributed by atoms with Crippen LogP contribution in [0, 0.1) is 5.82 Å². The van der Waals surface area contributed by atoms with Crippen LogP contribution in [0.1, 0.15) is 18.5 Å². The largest absolute Gasteiger partial charge is 0.454 e. The smallest absolute Gasteiger partial charge is 0.166 e. The Balaban J connectivity index is 2.39. The van der Waals surface area contributed by atoms with Gasteiger partial charge in [-0.15, -0.1) is 0 Å². The van der Waals surface area contributed by atoms with Gasteiger partial charge in [0, 0.05) is 20.6 Å². The third-order valence-electron chi connectivity index (χ3n) is 2.99. The minimum Gasteiger partial charge on any atom is -0.454 e. The first-order valence-corrected chi connectivity index (χ1v) is 7.69. The minimum atomic E-state index is -0.401. The van der Waals surface area contributed by atoms with Crippen LogP contribution in [0.5, 0.6) is 11.5 Å². The Labute approximate surface area is 134 Å². The zero-order valence-electron chi connectivity index (χ0n) is 11.1. The lowest BCUT2D eigenvalue weighted by molar-refractivity contribution is 0.431. The van der Waals surface area contributed by atoms with Crippen molar-refractivity contribution in [2.45, 2.75) is 13.0 Å². The average Bonchev–Trinajstić information content (AvgIpc) is 2.41. The molecule has 1 atom stereocenters. The van der Waals surface area contributed by atoms with Gasteiger partial charge in [0.05, 0.1) is 0 Å². The van der Waals surface area contributed by atoms with E-state index in [1.54, 1.807) is 12.1 Å².